The fraction of sp³-hybridized carbons (Fsp3) is 0.0625. The summed E-state index contributed by atoms with van der Waals surface area (Å²) in [6, 6.07) is 14.0. The molecule has 1 atom stereocenters. The first kappa shape index (κ1) is 14.1. The van der Waals surface area contributed by atoms with Gasteiger partial charge < -0.3 is 0 Å². The molecule has 0 spiro atoms. The lowest BCUT2D eigenvalue weighted by atomic mass is 9.96. The molecule has 3 nitrogen and oxygen atoms in total. The average molecular weight is 346 g/mol. The Hall–Kier alpha value is -1.82. The number of para-hydroxylation sites is 1. The molecule has 0 bridgehead atoms. The standard InChI is InChI=1S/C16H13BrFN3/c17-11-6-7-14(18)13(9-11)16(21-19)12-5-1-3-10-4-2-8-20-15(10)12/h1-9,16,21H,19H2. The highest BCUT2D eigenvalue weighted by Gasteiger charge is 2.19. The largest absolute Gasteiger partial charge is 0.271 e. The Bertz CT molecular complexity index is 786. The molecule has 0 saturated heterocycles. The first-order chi connectivity index (χ1) is 10.2. The summed E-state index contributed by atoms with van der Waals surface area (Å²) in [5.41, 5.74) is 4.82. The summed E-state index contributed by atoms with van der Waals surface area (Å²) < 4.78 is 15.0. The number of fused-ring (bicyclic) bond motifs is 1. The molecule has 5 heteroatoms. The molecule has 3 N–H and O–H groups in total. The van der Waals surface area contributed by atoms with E-state index in [0.29, 0.717) is 5.56 Å². The van der Waals surface area contributed by atoms with Gasteiger partial charge >= 0.3 is 0 Å². The highest BCUT2D eigenvalue weighted by molar-refractivity contribution is 9.10. The maximum atomic E-state index is 14.2. The van der Waals surface area contributed by atoms with Crippen LogP contribution in [-0.2, 0) is 0 Å². The average Bonchev–Trinajstić information content (AvgIpc) is 2.51. The van der Waals surface area contributed by atoms with Gasteiger partial charge in [0, 0.05) is 27.2 Å². The van der Waals surface area contributed by atoms with Crippen LogP contribution >= 0.6 is 15.9 Å². The topological polar surface area (TPSA) is 50.9 Å². The zero-order chi connectivity index (χ0) is 14.8. The van der Waals surface area contributed by atoms with Crippen LogP contribution in [0.5, 0.6) is 0 Å². The van der Waals surface area contributed by atoms with E-state index < -0.39 is 6.04 Å². The summed E-state index contributed by atoms with van der Waals surface area (Å²) in [6.07, 6.45) is 1.72. The lowest BCUT2D eigenvalue weighted by Gasteiger charge is -2.19. The first-order valence-electron chi connectivity index (χ1n) is 6.45. The number of nitrogens with one attached hydrogen (secondary N) is 1. The lowest BCUT2D eigenvalue weighted by molar-refractivity contribution is 0.561. The number of rotatable bonds is 3. The van der Waals surface area contributed by atoms with Crippen molar-refractivity contribution in [3.05, 3.63) is 76.1 Å². The van der Waals surface area contributed by atoms with E-state index in [-0.39, 0.29) is 5.82 Å². The fourth-order valence-electron chi connectivity index (χ4n) is 2.44. The van der Waals surface area contributed by atoms with Crippen molar-refractivity contribution in [3.8, 4) is 0 Å². The zero-order valence-electron chi connectivity index (χ0n) is 11.1. The maximum absolute atomic E-state index is 14.2. The molecule has 106 valence electrons. The molecule has 1 unspecified atom stereocenters. The van der Waals surface area contributed by atoms with Crippen molar-refractivity contribution in [1.82, 2.24) is 10.4 Å². The van der Waals surface area contributed by atoms with Crippen LogP contribution in [0.2, 0.25) is 0 Å². The van der Waals surface area contributed by atoms with Crippen LogP contribution in [0.15, 0.2) is 59.2 Å². The Labute approximate surface area is 130 Å². The molecule has 2 aromatic carbocycles. The minimum absolute atomic E-state index is 0.311. The normalized spacial score (nSPS) is 12.5. The molecule has 0 saturated carbocycles. The van der Waals surface area contributed by atoms with E-state index in [9.17, 15) is 4.39 Å². The molecule has 0 amide bonds. The zero-order valence-corrected chi connectivity index (χ0v) is 12.6. The van der Waals surface area contributed by atoms with Gasteiger partial charge in [-0.05, 0) is 24.3 Å². The van der Waals surface area contributed by atoms with E-state index in [0.717, 1.165) is 20.9 Å². The molecule has 1 heterocycles. The molecule has 3 aromatic rings. The van der Waals surface area contributed by atoms with E-state index in [1.54, 1.807) is 18.3 Å². The molecular formula is C16H13BrFN3. The Kier molecular flexibility index (Phi) is 3.96. The number of nitrogens with two attached hydrogens (primary N) is 1. The van der Waals surface area contributed by atoms with Crippen LogP contribution in [0.4, 0.5) is 4.39 Å². The SMILES string of the molecule is NNC(c1cc(Br)ccc1F)c1cccc2cccnc12. The maximum Gasteiger partial charge on any atom is 0.128 e. The van der Waals surface area contributed by atoms with Gasteiger partial charge in [-0.2, -0.15) is 0 Å². The molecule has 0 radical (unpaired) electrons. The van der Waals surface area contributed by atoms with Crippen molar-refractivity contribution in [2.45, 2.75) is 6.04 Å². The van der Waals surface area contributed by atoms with Crippen molar-refractivity contribution >= 4 is 26.8 Å². The number of nitrogens with zero attached hydrogens (tertiary/aromatic N) is 1. The highest BCUT2D eigenvalue weighted by atomic mass is 79.9. The van der Waals surface area contributed by atoms with Gasteiger partial charge in [-0.25, -0.2) is 9.82 Å². The molecule has 0 aliphatic heterocycles. The molecule has 0 aliphatic carbocycles. The van der Waals surface area contributed by atoms with Gasteiger partial charge in [0.1, 0.15) is 5.82 Å². The van der Waals surface area contributed by atoms with Crippen molar-refractivity contribution < 1.29 is 4.39 Å². The minimum atomic E-state index is -0.471. The van der Waals surface area contributed by atoms with Crippen molar-refractivity contribution in [2.75, 3.05) is 0 Å². The predicted octanol–water partition coefficient (Wildman–Crippen LogP) is 3.69. The van der Waals surface area contributed by atoms with E-state index in [1.807, 2.05) is 30.3 Å². The number of hydrazine groups is 1. The molecular weight excluding hydrogens is 333 g/mol. The predicted molar refractivity (Wildman–Crippen MR) is 85.0 cm³/mol. The number of aromatic nitrogens is 1. The second-order valence-corrected chi connectivity index (χ2v) is 5.60. The van der Waals surface area contributed by atoms with E-state index in [2.05, 4.69) is 26.3 Å². The van der Waals surface area contributed by atoms with Gasteiger partial charge in [-0.15, -0.1) is 0 Å². The van der Waals surface area contributed by atoms with Gasteiger partial charge in [0.25, 0.3) is 0 Å². The van der Waals surface area contributed by atoms with Crippen molar-refractivity contribution in [3.63, 3.8) is 0 Å². The summed E-state index contributed by atoms with van der Waals surface area (Å²) in [5.74, 6) is 5.38. The Balaban J connectivity index is 2.21. The van der Waals surface area contributed by atoms with Gasteiger partial charge in [0.2, 0.25) is 0 Å². The summed E-state index contributed by atoms with van der Waals surface area (Å²) in [7, 11) is 0. The number of benzene rings is 2. The van der Waals surface area contributed by atoms with Crippen LogP contribution in [0.25, 0.3) is 10.9 Å². The van der Waals surface area contributed by atoms with Gasteiger partial charge in [0.05, 0.1) is 11.6 Å². The Morgan fingerprint density at radius 2 is 1.90 bits per heavy atom. The third-order valence-electron chi connectivity index (χ3n) is 3.41. The van der Waals surface area contributed by atoms with E-state index in [1.165, 1.54) is 6.07 Å². The number of pyridine rings is 1. The molecule has 3 rings (SSSR count). The van der Waals surface area contributed by atoms with Gasteiger partial charge in [-0.3, -0.25) is 10.8 Å². The fourth-order valence-corrected chi connectivity index (χ4v) is 2.82. The smallest absolute Gasteiger partial charge is 0.128 e. The van der Waals surface area contributed by atoms with Crippen LogP contribution < -0.4 is 11.3 Å². The Morgan fingerprint density at radius 3 is 2.71 bits per heavy atom. The third-order valence-corrected chi connectivity index (χ3v) is 3.90. The lowest BCUT2D eigenvalue weighted by Crippen LogP contribution is -2.29. The Morgan fingerprint density at radius 1 is 1.10 bits per heavy atom. The monoisotopic (exact) mass is 345 g/mol. The molecule has 1 aromatic heterocycles. The summed E-state index contributed by atoms with van der Waals surface area (Å²) in [6.45, 7) is 0. The summed E-state index contributed by atoms with van der Waals surface area (Å²) in [5, 5.41) is 0.991. The van der Waals surface area contributed by atoms with Gasteiger partial charge in [-0.1, -0.05) is 40.2 Å². The van der Waals surface area contributed by atoms with Gasteiger partial charge in [0.15, 0.2) is 0 Å². The van der Waals surface area contributed by atoms with Crippen LogP contribution in [0.3, 0.4) is 0 Å². The molecule has 0 fully saturated rings. The van der Waals surface area contributed by atoms with Crippen LogP contribution in [-0.4, -0.2) is 4.98 Å². The van der Waals surface area contributed by atoms with Crippen molar-refractivity contribution in [1.29, 1.82) is 0 Å². The summed E-state index contributed by atoms with van der Waals surface area (Å²) >= 11 is 3.37. The first-order valence-corrected chi connectivity index (χ1v) is 7.24. The second-order valence-electron chi connectivity index (χ2n) is 4.69. The number of halogens is 2. The number of hydrogen-bond acceptors (Lipinski definition) is 3. The van der Waals surface area contributed by atoms with E-state index in [4.69, 9.17) is 5.84 Å². The highest BCUT2D eigenvalue weighted by Crippen LogP contribution is 2.30. The third kappa shape index (κ3) is 2.68. The second kappa shape index (κ2) is 5.89. The molecule has 21 heavy (non-hydrogen) atoms. The number of hydrogen-bond donors (Lipinski definition) is 2. The van der Waals surface area contributed by atoms with Crippen molar-refractivity contribution in [2.24, 2.45) is 5.84 Å². The molecule has 0 aliphatic rings. The summed E-state index contributed by atoms with van der Waals surface area (Å²) in [4.78, 5) is 4.40. The quantitative estimate of drug-likeness (QED) is 0.562. The van der Waals surface area contributed by atoms with Crippen LogP contribution in [0, 0.1) is 5.82 Å². The van der Waals surface area contributed by atoms with Crippen LogP contribution in [0.1, 0.15) is 17.2 Å². The minimum Gasteiger partial charge on any atom is -0.271 e. The van der Waals surface area contributed by atoms with E-state index >= 15 is 0 Å².